The first kappa shape index (κ1) is 13.1. The third kappa shape index (κ3) is 3.82. The summed E-state index contributed by atoms with van der Waals surface area (Å²) in [6, 6.07) is 5.47. The van der Waals surface area contributed by atoms with E-state index in [0.29, 0.717) is 23.8 Å². The molecule has 0 saturated heterocycles. The van der Waals surface area contributed by atoms with Gasteiger partial charge in [0.15, 0.2) is 0 Å². The molecule has 0 bridgehead atoms. The van der Waals surface area contributed by atoms with Crippen molar-refractivity contribution >= 4 is 17.5 Å². The van der Waals surface area contributed by atoms with Crippen LogP contribution >= 0.6 is 11.6 Å². The fourth-order valence-electron chi connectivity index (χ4n) is 1.35. The molecule has 1 amide bonds. The lowest BCUT2D eigenvalue weighted by atomic mass is 10.3. The number of amides is 1. The van der Waals surface area contributed by atoms with Crippen LogP contribution in [0.2, 0.25) is 5.02 Å². The van der Waals surface area contributed by atoms with Crippen LogP contribution in [0.25, 0.3) is 0 Å². The van der Waals surface area contributed by atoms with Gasteiger partial charge in [0.25, 0.3) is 5.91 Å². The number of nitrogens with one attached hydrogen (secondary N) is 1. The van der Waals surface area contributed by atoms with Crippen LogP contribution < -0.4 is 0 Å². The minimum Gasteiger partial charge on any atom is -0.356 e. The molecule has 1 N–H and O–H groups in total. The average Bonchev–Trinajstić information content (AvgIpc) is 2.75. The highest BCUT2D eigenvalue weighted by Gasteiger charge is 2.16. The second-order valence-corrected chi connectivity index (χ2v) is 3.78. The van der Waals surface area contributed by atoms with Crippen molar-refractivity contribution in [3.63, 3.8) is 0 Å². The predicted molar refractivity (Wildman–Crippen MR) is 62.2 cm³/mol. The first-order valence-corrected chi connectivity index (χ1v) is 5.44. The van der Waals surface area contributed by atoms with Crippen LogP contribution in [-0.4, -0.2) is 28.9 Å². The Balaban J connectivity index is 2.72. The summed E-state index contributed by atoms with van der Waals surface area (Å²) < 4.78 is 0. The van der Waals surface area contributed by atoms with Gasteiger partial charge in [0, 0.05) is 19.3 Å². The molecule has 0 unspecified atom stereocenters. The van der Waals surface area contributed by atoms with Crippen molar-refractivity contribution < 1.29 is 4.79 Å². The number of aromatic nitrogens is 1. The summed E-state index contributed by atoms with van der Waals surface area (Å²) in [5.74, 6) is -0.248. The maximum Gasteiger partial charge on any atom is 0.270 e. The third-order valence-corrected chi connectivity index (χ3v) is 2.37. The highest BCUT2D eigenvalue weighted by atomic mass is 35.5. The van der Waals surface area contributed by atoms with Crippen molar-refractivity contribution in [2.75, 3.05) is 13.1 Å². The molecule has 1 aromatic heterocycles. The van der Waals surface area contributed by atoms with Gasteiger partial charge in [0.1, 0.15) is 5.69 Å². The topological polar surface area (TPSA) is 83.7 Å². The van der Waals surface area contributed by atoms with Crippen LogP contribution in [0.5, 0.6) is 0 Å². The molecule has 88 valence electrons. The van der Waals surface area contributed by atoms with Crippen molar-refractivity contribution in [3.8, 4) is 12.1 Å². The summed E-state index contributed by atoms with van der Waals surface area (Å²) in [5.41, 5.74) is 0.367. The molecule has 0 radical (unpaired) electrons. The van der Waals surface area contributed by atoms with Gasteiger partial charge < -0.3 is 9.88 Å². The van der Waals surface area contributed by atoms with Gasteiger partial charge in [-0.1, -0.05) is 11.6 Å². The van der Waals surface area contributed by atoms with Crippen LogP contribution in [-0.2, 0) is 0 Å². The second kappa shape index (κ2) is 6.57. The van der Waals surface area contributed by atoms with Crippen LogP contribution in [0, 0.1) is 22.7 Å². The molecule has 0 aliphatic rings. The fraction of sp³-hybridized carbons (Fsp3) is 0.364. The Kier molecular flexibility index (Phi) is 5.06. The highest BCUT2D eigenvalue weighted by Crippen LogP contribution is 2.12. The van der Waals surface area contributed by atoms with Crippen molar-refractivity contribution in [1.29, 1.82) is 10.5 Å². The Labute approximate surface area is 104 Å². The molecule has 1 rings (SSSR count). The van der Waals surface area contributed by atoms with E-state index in [1.54, 1.807) is 0 Å². The number of hydrogen-bond acceptors (Lipinski definition) is 3. The van der Waals surface area contributed by atoms with Crippen LogP contribution in [0.3, 0.4) is 0 Å². The monoisotopic (exact) mass is 250 g/mol. The van der Waals surface area contributed by atoms with Gasteiger partial charge >= 0.3 is 0 Å². The third-order valence-electron chi connectivity index (χ3n) is 2.15. The number of hydrogen-bond donors (Lipinski definition) is 1. The van der Waals surface area contributed by atoms with E-state index in [4.69, 9.17) is 22.1 Å². The summed E-state index contributed by atoms with van der Waals surface area (Å²) in [4.78, 5) is 16.2. The Morgan fingerprint density at radius 1 is 1.35 bits per heavy atom. The van der Waals surface area contributed by atoms with E-state index >= 15 is 0 Å². The number of carbonyl (C=O) groups excluding carboxylic acids is 1. The maximum atomic E-state index is 12.0. The summed E-state index contributed by atoms with van der Waals surface area (Å²) in [7, 11) is 0. The van der Waals surface area contributed by atoms with Gasteiger partial charge in [-0.15, -0.1) is 0 Å². The summed E-state index contributed by atoms with van der Waals surface area (Å²) in [6.07, 6.45) is 2.00. The molecule has 0 fully saturated rings. The van der Waals surface area contributed by atoms with E-state index in [9.17, 15) is 4.79 Å². The number of nitrogens with zero attached hydrogens (tertiary/aromatic N) is 3. The lowest BCUT2D eigenvalue weighted by molar-refractivity contribution is 0.0757. The van der Waals surface area contributed by atoms with E-state index in [1.807, 2.05) is 12.1 Å². The van der Waals surface area contributed by atoms with Crippen molar-refractivity contribution in [1.82, 2.24) is 9.88 Å². The van der Waals surface area contributed by atoms with Crippen LogP contribution in [0.4, 0.5) is 0 Å². The van der Waals surface area contributed by atoms with Crippen molar-refractivity contribution in [2.45, 2.75) is 12.8 Å². The summed E-state index contributed by atoms with van der Waals surface area (Å²) in [5, 5.41) is 17.5. The lowest BCUT2D eigenvalue weighted by Crippen LogP contribution is -2.32. The van der Waals surface area contributed by atoms with Gasteiger partial charge in [-0.3, -0.25) is 4.79 Å². The molecule has 0 spiro atoms. The second-order valence-electron chi connectivity index (χ2n) is 3.34. The predicted octanol–water partition coefficient (Wildman–Crippen LogP) is 1.94. The first-order chi connectivity index (χ1) is 8.19. The molecule has 1 heterocycles. The van der Waals surface area contributed by atoms with Crippen molar-refractivity contribution in [3.05, 3.63) is 23.0 Å². The number of nitriles is 2. The van der Waals surface area contributed by atoms with Crippen LogP contribution in [0.1, 0.15) is 23.3 Å². The van der Waals surface area contributed by atoms with E-state index in [1.165, 1.54) is 17.2 Å². The lowest BCUT2D eigenvalue weighted by Gasteiger charge is -2.19. The molecular formula is C11H11ClN4O. The van der Waals surface area contributed by atoms with Crippen LogP contribution in [0.15, 0.2) is 12.3 Å². The molecule has 17 heavy (non-hydrogen) atoms. The van der Waals surface area contributed by atoms with Crippen molar-refractivity contribution in [2.24, 2.45) is 0 Å². The highest BCUT2D eigenvalue weighted by molar-refractivity contribution is 6.30. The summed E-state index contributed by atoms with van der Waals surface area (Å²) >= 11 is 5.71. The Bertz CT molecular complexity index is 451. The minimum absolute atomic E-state index is 0.242. The Morgan fingerprint density at radius 3 is 2.35 bits per heavy atom. The van der Waals surface area contributed by atoms with Gasteiger partial charge in [-0.2, -0.15) is 10.5 Å². The largest absolute Gasteiger partial charge is 0.356 e. The van der Waals surface area contributed by atoms with E-state index < -0.39 is 0 Å². The first-order valence-electron chi connectivity index (χ1n) is 5.06. The SMILES string of the molecule is N#CCCN(CCC#N)C(=O)c1cc(Cl)c[nH]1. The fourth-order valence-corrected chi connectivity index (χ4v) is 1.51. The van der Waals surface area contributed by atoms with Gasteiger partial charge in [0.2, 0.25) is 0 Å². The van der Waals surface area contributed by atoms with E-state index in [2.05, 4.69) is 4.98 Å². The zero-order valence-electron chi connectivity index (χ0n) is 9.11. The number of halogens is 1. The molecule has 1 aromatic rings. The average molecular weight is 251 g/mol. The van der Waals surface area contributed by atoms with E-state index in [0.717, 1.165) is 0 Å². The molecular weight excluding hydrogens is 240 g/mol. The van der Waals surface area contributed by atoms with Gasteiger partial charge in [0.05, 0.1) is 30.0 Å². The normalized spacial score (nSPS) is 9.35. The molecule has 6 heteroatoms. The number of rotatable bonds is 5. The molecule has 0 aliphatic carbocycles. The number of H-pyrrole nitrogens is 1. The molecule has 0 saturated carbocycles. The number of carbonyl (C=O) groups is 1. The Hall–Kier alpha value is -1.98. The quantitative estimate of drug-likeness (QED) is 0.867. The number of aromatic amines is 1. The van der Waals surface area contributed by atoms with Gasteiger partial charge in [-0.05, 0) is 6.07 Å². The zero-order chi connectivity index (χ0) is 12.7. The standard InChI is InChI=1S/C11H11ClN4O/c12-9-7-10(15-8-9)11(17)16(5-1-3-13)6-2-4-14/h7-8,15H,1-2,5-6H2. The molecule has 0 aliphatic heterocycles. The molecule has 0 aromatic carbocycles. The zero-order valence-corrected chi connectivity index (χ0v) is 9.87. The van der Waals surface area contributed by atoms with Gasteiger partial charge in [-0.25, -0.2) is 0 Å². The Morgan fingerprint density at radius 2 is 1.94 bits per heavy atom. The summed E-state index contributed by atoms with van der Waals surface area (Å²) in [6.45, 7) is 0.626. The smallest absolute Gasteiger partial charge is 0.270 e. The van der Waals surface area contributed by atoms with E-state index in [-0.39, 0.29) is 18.7 Å². The minimum atomic E-state index is -0.248. The maximum absolute atomic E-state index is 12.0. The molecule has 0 atom stereocenters. The molecule has 5 nitrogen and oxygen atoms in total.